The van der Waals surface area contributed by atoms with Crippen LogP contribution >= 0.6 is 0 Å². The predicted octanol–water partition coefficient (Wildman–Crippen LogP) is 1.45. The maximum atomic E-state index is 11.8. The van der Waals surface area contributed by atoms with E-state index in [4.69, 9.17) is 5.11 Å². The van der Waals surface area contributed by atoms with Crippen LogP contribution in [0.15, 0.2) is 18.2 Å². The molecule has 0 aromatic heterocycles. The zero-order valence-corrected chi connectivity index (χ0v) is 11.6. The average molecular weight is 262 g/mol. The molecule has 1 atom stereocenters. The van der Waals surface area contributed by atoms with Gasteiger partial charge >= 0.3 is 0 Å². The fraction of sp³-hybridized carbons (Fsp3) is 0.533. The van der Waals surface area contributed by atoms with Gasteiger partial charge in [-0.15, -0.1) is 0 Å². The summed E-state index contributed by atoms with van der Waals surface area (Å²) in [5, 5.41) is 11.9. The molecule has 19 heavy (non-hydrogen) atoms. The molecule has 1 heterocycles. The van der Waals surface area contributed by atoms with Crippen LogP contribution in [0.4, 0.5) is 5.69 Å². The lowest BCUT2D eigenvalue weighted by molar-refractivity contribution is -0.124. The first-order valence-electron chi connectivity index (χ1n) is 6.82. The number of aliphatic hydroxyl groups is 1. The molecule has 1 saturated heterocycles. The number of benzene rings is 1. The summed E-state index contributed by atoms with van der Waals surface area (Å²) in [5.41, 5.74) is 3.26. The Hall–Kier alpha value is -1.55. The number of carbonyl (C=O) groups excluding carboxylic acids is 1. The van der Waals surface area contributed by atoms with E-state index in [9.17, 15) is 4.79 Å². The molecule has 4 heteroatoms. The smallest absolute Gasteiger partial charge is 0.224 e. The van der Waals surface area contributed by atoms with E-state index >= 15 is 0 Å². The summed E-state index contributed by atoms with van der Waals surface area (Å²) in [5.74, 6) is 0.213. The molecule has 0 spiro atoms. The quantitative estimate of drug-likeness (QED) is 0.867. The van der Waals surface area contributed by atoms with Gasteiger partial charge < -0.3 is 15.3 Å². The van der Waals surface area contributed by atoms with Gasteiger partial charge in [0.25, 0.3) is 0 Å². The number of aliphatic hydroxyl groups excluding tert-OH is 1. The molecule has 0 radical (unpaired) electrons. The van der Waals surface area contributed by atoms with Crippen molar-refractivity contribution in [1.29, 1.82) is 0 Å². The molecule has 2 rings (SSSR count). The number of piperidine rings is 1. The predicted molar refractivity (Wildman–Crippen MR) is 76.1 cm³/mol. The SMILES string of the molecule is CNC(=O)C1CCCN(c2ccc(CO)cc2C)C1. The lowest BCUT2D eigenvalue weighted by Crippen LogP contribution is -2.42. The van der Waals surface area contributed by atoms with Crippen molar-refractivity contribution in [1.82, 2.24) is 5.32 Å². The zero-order chi connectivity index (χ0) is 13.8. The van der Waals surface area contributed by atoms with E-state index in [-0.39, 0.29) is 18.4 Å². The number of hydrogen-bond acceptors (Lipinski definition) is 3. The van der Waals surface area contributed by atoms with Crippen LogP contribution in [0.3, 0.4) is 0 Å². The van der Waals surface area contributed by atoms with Crippen molar-refractivity contribution < 1.29 is 9.90 Å². The van der Waals surface area contributed by atoms with Crippen LogP contribution in [0, 0.1) is 12.8 Å². The first-order chi connectivity index (χ1) is 9.15. The highest BCUT2D eigenvalue weighted by Crippen LogP contribution is 2.27. The summed E-state index contributed by atoms with van der Waals surface area (Å²) in [6.07, 6.45) is 2.00. The number of anilines is 1. The van der Waals surface area contributed by atoms with Crippen molar-refractivity contribution >= 4 is 11.6 Å². The number of aryl methyl sites for hydroxylation is 1. The van der Waals surface area contributed by atoms with Gasteiger partial charge in [0.15, 0.2) is 0 Å². The highest BCUT2D eigenvalue weighted by Gasteiger charge is 2.25. The lowest BCUT2D eigenvalue weighted by Gasteiger charge is -2.34. The third-order valence-corrected chi connectivity index (χ3v) is 3.82. The Morgan fingerprint density at radius 3 is 2.95 bits per heavy atom. The molecule has 0 saturated carbocycles. The summed E-state index contributed by atoms with van der Waals surface area (Å²) in [4.78, 5) is 14.0. The monoisotopic (exact) mass is 262 g/mol. The van der Waals surface area contributed by atoms with Gasteiger partial charge in [0.2, 0.25) is 5.91 Å². The number of hydrogen-bond donors (Lipinski definition) is 2. The van der Waals surface area contributed by atoms with Gasteiger partial charge in [-0.3, -0.25) is 4.79 Å². The molecule has 1 aliphatic rings. The van der Waals surface area contributed by atoms with Crippen LogP contribution in [0.2, 0.25) is 0 Å². The molecule has 1 unspecified atom stereocenters. The molecule has 4 nitrogen and oxygen atoms in total. The molecule has 1 aromatic carbocycles. The number of amides is 1. The summed E-state index contributed by atoms with van der Waals surface area (Å²) < 4.78 is 0. The molecule has 1 fully saturated rings. The fourth-order valence-electron chi connectivity index (χ4n) is 2.78. The Balaban J connectivity index is 2.15. The van der Waals surface area contributed by atoms with Crippen molar-refractivity contribution in [2.75, 3.05) is 25.0 Å². The topological polar surface area (TPSA) is 52.6 Å². The Morgan fingerprint density at radius 2 is 2.32 bits per heavy atom. The molecule has 104 valence electrons. The Labute approximate surface area is 114 Å². The first-order valence-corrected chi connectivity index (χ1v) is 6.82. The van der Waals surface area contributed by atoms with E-state index in [1.54, 1.807) is 7.05 Å². The number of nitrogens with one attached hydrogen (secondary N) is 1. The highest BCUT2D eigenvalue weighted by atomic mass is 16.3. The summed E-state index contributed by atoms with van der Waals surface area (Å²) in [6.45, 7) is 3.89. The maximum Gasteiger partial charge on any atom is 0.224 e. The second-order valence-corrected chi connectivity index (χ2v) is 5.18. The normalized spacial score (nSPS) is 19.3. The van der Waals surface area contributed by atoms with Crippen LogP contribution in [-0.4, -0.2) is 31.2 Å². The minimum Gasteiger partial charge on any atom is -0.392 e. The van der Waals surface area contributed by atoms with Crippen LogP contribution in [0.1, 0.15) is 24.0 Å². The summed E-state index contributed by atoms with van der Waals surface area (Å²) >= 11 is 0. The largest absolute Gasteiger partial charge is 0.392 e. The third kappa shape index (κ3) is 3.07. The van der Waals surface area contributed by atoms with Crippen molar-refractivity contribution in [2.45, 2.75) is 26.4 Å². The number of nitrogens with zero attached hydrogens (tertiary/aromatic N) is 1. The van der Waals surface area contributed by atoms with E-state index in [1.165, 1.54) is 5.69 Å². The molecule has 2 N–H and O–H groups in total. The highest BCUT2D eigenvalue weighted by molar-refractivity contribution is 5.79. The van der Waals surface area contributed by atoms with Crippen molar-refractivity contribution in [3.63, 3.8) is 0 Å². The lowest BCUT2D eigenvalue weighted by atomic mass is 9.96. The maximum absolute atomic E-state index is 11.8. The van der Waals surface area contributed by atoms with Crippen molar-refractivity contribution in [3.05, 3.63) is 29.3 Å². The van der Waals surface area contributed by atoms with Gasteiger partial charge in [-0.2, -0.15) is 0 Å². The van der Waals surface area contributed by atoms with Gasteiger partial charge in [-0.25, -0.2) is 0 Å². The third-order valence-electron chi connectivity index (χ3n) is 3.82. The van der Waals surface area contributed by atoms with E-state index in [0.717, 1.165) is 37.1 Å². The minimum atomic E-state index is 0.0714. The van der Waals surface area contributed by atoms with Crippen LogP contribution in [0.5, 0.6) is 0 Å². The van der Waals surface area contributed by atoms with Gasteiger partial charge in [-0.05, 0) is 37.0 Å². The Morgan fingerprint density at radius 1 is 1.53 bits per heavy atom. The molecule has 0 aliphatic carbocycles. The molecule has 1 aliphatic heterocycles. The van der Waals surface area contributed by atoms with Crippen LogP contribution in [-0.2, 0) is 11.4 Å². The van der Waals surface area contributed by atoms with Crippen LogP contribution in [0.25, 0.3) is 0 Å². The van der Waals surface area contributed by atoms with E-state index in [1.807, 2.05) is 18.2 Å². The van der Waals surface area contributed by atoms with E-state index < -0.39 is 0 Å². The molecular formula is C15H22N2O2. The molecular weight excluding hydrogens is 240 g/mol. The minimum absolute atomic E-state index is 0.0714. The van der Waals surface area contributed by atoms with Gasteiger partial charge in [-0.1, -0.05) is 12.1 Å². The number of carbonyl (C=O) groups is 1. The summed E-state index contributed by atoms with van der Waals surface area (Å²) in [6, 6.07) is 6.01. The second kappa shape index (κ2) is 6.06. The van der Waals surface area contributed by atoms with E-state index in [2.05, 4.69) is 17.1 Å². The first kappa shape index (κ1) is 13.9. The van der Waals surface area contributed by atoms with Crippen molar-refractivity contribution in [3.8, 4) is 0 Å². The molecule has 1 amide bonds. The van der Waals surface area contributed by atoms with Gasteiger partial charge in [0.1, 0.15) is 0 Å². The van der Waals surface area contributed by atoms with Crippen LogP contribution < -0.4 is 10.2 Å². The summed E-state index contributed by atoms with van der Waals surface area (Å²) in [7, 11) is 1.70. The molecule has 1 aromatic rings. The number of rotatable bonds is 3. The molecule has 0 bridgehead atoms. The average Bonchev–Trinajstić information content (AvgIpc) is 2.46. The van der Waals surface area contributed by atoms with E-state index in [0.29, 0.717) is 0 Å². The van der Waals surface area contributed by atoms with Gasteiger partial charge in [0, 0.05) is 25.8 Å². The fourth-order valence-corrected chi connectivity index (χ4v) is 2.78. The van der Waals surface area contributed by atoms with Gasteiger partial charge in [0.05, 0.1) is 12.5 Å². The Bertz CT molecular complexity index is 459. The Kier molecular flexibility index (Phi) is 4.43. The second-order valence-electron chi connectivity index (χ2n) is 5.18. The standard InChI is InChI=1S/C15H22N2O2/c1-11-8-12(10-18)5-6-14(11)17-7-3-4-13(9-17)15(19)16-2/h5-6,8,13,18H,3-4,7,9-10H2,1-2H3,(H,16,19). The zero-order valence-electron chi connectivity index (χ0n) is 11.6. The van der Waals surface area contributed by atoms with Crippen molar-refractivity contribution in [2.24, 2.45) is 5.92 Å².